The van der Waals surface area contributed by atoms with Crippen molar-refractivity contribution in [2.45, 2.75) is 18.7 Å². The molecule has 0 unspecified atom stereocenters. The van der Waals surface area contributed by atoms with Gasteiger partial charge in [-0.3, -0.25) is 10.1 Å². The second-order valence-electron chi connectivity index (χ2n) is 4.23. The fourth-order valence-electron chi connectivity index (χ4n) is 1.27. The van der Waals surface area contributed by atoms with E-state index in [1.807, 2.05) is 0 Å². The Kier molecular flexibility index (Phi) is 4.20. The summed E-state index contributed by atoms with van der Waals surface area (Å²) < 4.78 is 37.3. The number of nitro groups is 1. The third-order valence-corrected chi connectivity index (χ3v) is 2.56. The predicted octanol–water partition coefficient (Wildman–Crippen LogP) is 2.19. The summed E-state index contributed by atoms with van der Waals surface area (Å²) in [6.45, 7) is -0.254. The Labute approximate surface area is 111 Å². The number of hydrogen-bond acceptors (Lipinski definition) is 5. The highest BCUT2D eigenvalue weighted by molar-refractivity contribution is 5.58. The molecule has 9 heteroatoms. The molecular weight excluding hydrogens is 279 g/mol. The summed E-state index contributed by atoms with van der Waals surface area (Å²) in [5.74, 6) is 0. The predicted molar refractivity (Wildman–Crippen MR) is 63.0 cm³/mol. The van der Waals surface area contributed by atoms with Crippen molar-refractivity contribution in [2.24, 2.45) is 0 Å². The Bertz CT molecular complexity index is 564. The van der Waals surface area contributed by atoms with Gasteiger partial charge < -0.3 is 10.4 Å². The molecule has 108 valence electrons. The van der Waals surface area contributed by atoms with Crippen molar-refractivity contribution in [3.63, 3.8) is 0 Å². The molecule has 1 atom stereocenters. The van der Waals surface area contributed by atoms with Crippen LogP contribution in [0.25, 0.3) is 0 Å². The third kappa shape index (κ3) is 3.36. The van der Waals surface area contributed by atoms with Crippen LogP contribution in [-0.4, -0.2) is 28.4 Å². The van der Waals surface area contributed by atoms with E-state index in [1.54, 1.807) is 6.07 Å². The monoisotopic (exact) mass is 289 g/mol. The summed E-state index contributed by atoms with van der Waals surface area (Å²) in [5, 5.41) is 30.8. The molecular formula is C11H10F3N3O3. The van der Waals surface area contributed by atoms with E-state index in [-0.39, 0.29) is 11.3 Å². The molecule has 0 aliphatic carbocycles. The van der Waals surface area contributed by atoms with Crippen molar-refractivity contribution in [1.82, 2.24) is 0 Å². The highest BCUT2D eigenvalue weighted by atomic mass is 19.4. The fourth-order valence-corrected chi connectivity index (χ4v) is 1.27. The van der Waals surface area contributed by atoms with Crippen molar-refractivity contribution in [1.29, 1.82) is 5.26 Å². The van der Waals surface area contributed by atoms with Crippen molar-refractivity contribution in [3.8, 4) is 6.07 Å². The lowest BCUT2D eigenvalue weighted by Crippen LogP contribution is -2.47. The van der Waals surface area contributed by atoms with E-state index in [2.05, 4.69) is 5.32 Å². The average Bonchev–Trinajstić information content (AvgIpc) is 2.34. The number of nitriles is 1. The molecule has 2 N–H and O–H groups in total. The Balaban J connectivity index is 2.91. The second-order valence-corrected chi connectivity index (χ2v) is 4.23. The molecule has 20 heavy (non-hydrogen) atoms. The third-order valence-electron chi connectivity index (χ3n) is 2.56. The van der Waals surface area contributed by atoms with Gasteiger partial charge in [0, 0.05) is 11.8 Å². The SMILES string of the molecule is C[C@](O)(CNc1ccc([N+](=O)[O-])c(C#N)c1)C(F)(F)F. The lowest BCUT2D eigenvalue weighted by molar-refractivity contribution is -0.385. The number of halogens is 3. The van der Waals surface area contributed by atoms with Crippen LogP contribution in [0.2, 0.25) is 0 Å². The van der Waals surface area contributed by atoms with Gasteiger partial charge >= 0.3 is 6.18 Å². The molecule has 0 saturated carbocycles. The zero-order valence-corrected chi connectivity index (χ0v) is 10.2. The number of nitrogens with one attached hydrogen (secondary N) is 1. The first kappa shape index (κ1) is 15.7. The maximum Gasteiger partial charge on any atom is 0.418 e. The van der Waals surface area contributed by atoms with Gasteiger partial charge in [-0.15, -0.1) is 0 Å². The van der Waals surface area contributed by atoms with Crippen molar-refractivity contribution in [2.75, 3.05) is 11.9 Å². The van der Waals surface area contributed by atoms with Crippen LogP contribution in [0.1, 0.15) is 12.5 Å². The molecule has 0 aliphatic heterocycles. The number of aliphatic hydroxyl groups is 1. The normalized spacial score (nSPS) is 14.2. The van der Waals surface area contributed by atoms with Gasteiger partial charge in [0.2, 0.25) is 0 Å². The van der Waals surface area contributed by atoms with Gasteiger partial charge in [0.25, 0.3) is 5.69 Å². The number of anilines is 1. The first-order valence-corrected chi connectivity index (χ1v) is 5.30. The molecule has 0 aromatic heterocycles. The molecule has 0 bridgehead atoms. The zero-order chi connectivity index (χ0) is 15.6. The molecule has 1 aromatic carbocycles. The van der Waals surface area contributed by atoms with Crippen LogP contribution in [0, 0.1) is 21.4 Å². The van der Waals surface area contributed by atoms with Crippen LogP contribution in [0.5, 0.6) is 0 Å². The summed E-state index contributed by atoms with van der Waals surface area (Å²) in [6, 6.07) is 4.79. The lowest BCUT2D eigenvalue weighted by atomic mass is 10.1. The second kappa shape index (κ2) is 5.34. The lowest BCUT2D eigenvalue weighted by Gasteiger charge is -2.26. The standard InChI is InChI=1S/C11H10F3N3O3/c1-10(18,11(12,13)14)6-16-8-2-3-9(17(19)20)7(4-8)5-15/h2-4,16,18H,6H2,1H3/t10-/m0/s1. The van der Waals surface area contributed by atoms with Crippen LogP contribution >= 0.6 is 0 Å². The molecule has 0 fully saturated rings. The summed E-state index contributed by atoms with van der Waals surface area (Å²) in [4.78, 5) is 9.82. The summed E-state index contributed by atoms with van der Waals surface area (Å²) in [6.07, 6.45) is -4.82. The van der Waals surface area contributed by atoms with Crippen LogP contribution in [0.4, 0.5) is 24.5 Å². The molecule has 6 nitrogen and oxygen atoms in total. The van der Waals surface area contributed by atoms with Crippen molar-refractivity contribution >= 4 is 11.4 Å². The van der Waals surface area contributed by atoms with E-state index >= 15 is 0 Å². The van der Waals surface area contributed by atoms with E-state index in [0.29, 0.717) is 6.92 Å². The Morgan fingerprint density at radius 3 is 2.55 bits per heavy atom. The quantitative estimate of drug-likeness (QED) is 0.653. The summed E-state index contributed by atoms with van der Waals surface area (Å²) >= 11 is 0. The van der Waals surface area contributed by atoms with Crippen molar-refractivity contribution < 1.29 is 23.2 Å². The van der Waals surface area contributed by atoms with Gasteiger partial charge in [0.15, 0.2) is 5.60 Å². The van der Waals surface area contributed by atoms with Gasteiger partial charge in [0.05, 0.1) is 11.5 Å². The Hall–Kier alpha value is -2.34. The molecule has 0 saturated heterocycles. The molecule has 0 amide bonds. The van der Waals surface area contributed by atoms with E-state index < -0.39 is 28.9 Å². The highest BCUT2D eigenvalue weighted by Gasteiger charge is 2.49. The summed E-state index contributed by atoms with van der Waals surface area (Å²) in [5.41, 5.74) is -3.62. The van der Waals surface area contributed by atoms with Gasteiger partial charge in [-0.1, -0.05) is 0 Å². The van der Waals surface area contributed by atoms with Crippen LogP contribution < -0.4 is 5.32 Å². The van der Waals surface area contributed by atoms with Crippen LogP contribution in [0.3, 0.4) is 0 Å². The maximum absolute atomic E-state index is 12.4. The molecule has 0 heterocycles. The van der Waals surface area contributed by atoms with Gasteiger partial charge in [-0.25, -0.2) is 0 Å². The largest absolute Gasteiger partial charge is 0.418 e. The van der Waals surface area contributed by atoms with Gasteiger partial charge in [0.1, 0.15) is 11.6 Å². The van der Waals surface area contributed by atoms with E-state index in [1.165, 1.54) is 0 Å². The first-order valence-electron chi connectivity index (χ1n) is 5.30. The number of benzene rings is 1. The minimum absolute atomic E-state index is 0.0664. The number of nitro benzene ring substituents is 1. The smallest absolute Gasteiger partial charge is 0.382 e. The topological polar surface area (TPSA) is 99.2 Å². The maximum atomic E-state index is 12.4. The molecule has 0 spiro atoms. The zero-order valence-electron chi connectivity index (χ0n) is 10.2. The highest BCUT2D eigenvalue weighted by Crippen LogP contribution is 2.30. The Morgan fingerprint density at radius 2 is 2.10 bits per heavy atom. The first-order chi connectivity index (χ1) is 9.08. The molecule has 1 rings (SSSR count). The fraction of sp³-hybridized carbons (Fsp3) is 0.364. The van der Waals surface area contributed by atoms with Gasteiger partial charge in [-0.05, 0) is 19.1 Å². The molecule has 1 aromatic rings. The van der Waals surface area contributed by atoms with Crippen molar-refractivity contribution in [3.05, 3.63) is 33.9 Å². The van der Waals surface area contributed by atoms with Crippen LogP contribution in [0.15, 0.2) is 18.2 Å². The molecule has 0 aliphatic rings. The number of alkyl halides is 3. The Morgan fingerprint density at radius 1 is 1.50 bits per heavy atom. The minimum Gasteiger partial charge on any atom is -0.382 e. The van der Waals surface area contributed by atoms with Gasteiger partial charge in [-0.2, -0.15) is 18.4 Å². The van der Waals surface area contributed by atoms with E-state index in [0.717, 1.165) is 18.2 Å². The number of nitrogens with zero attached hydrogens (tertiary/aromatic N) is 2. The average molecular weight is 289 g/mol. The van der Waals surface area contributed by atoms with E-state index in [9.17, 15) is 28.4 Å². The van der Waals surface area contributed by atoms with E-state index in [4.69, 9.17) is 5.26 Å². The van der Waals surface area contributed by atoms with Crippen LogP contribution in [-0.2, 0) is 0 Å². The molecule has 0 radical (unpaired) electrons. The summed E-state index contributed by atoms with van der Waals surface area (Å²) in [7, 11) is 0. The minimum atomic E-state index is -4.82. The number of rotatable bonds is 4. The number of hydrogen-bond donors (Lipinski definition) is 2.